The van der Waals surface area contributed by atoms with Crippen LogP contribution in [0.4, 0.5) is 5.69 Å². The van der Waals surface area contributed by atoms with Crippen LogP contribution >= 0.6 is 0 Å². The molecule has 0 unspecified atom stereocenters. The minimum absolute atomic E-state index is 0.181. The molecule has 2 aromatic carbocycles. The molecular formula is C20H17N3O7. The highest BCUT2D eigenvalue weighted by atomic mass is 16.6. The zero-order valence-corrected chi connectivity index (χ0v) is 15.8. The zero-order valence-electron chi connectivity index (χ0n) is 15.8. The van der Waals surface area contributed by atoms with E-state index in [0.29, 0.717) is 13.0 Å². The van der Waals surface area contributed by atoms with Crippen molar-refractivity contribution >= 4 is 23.3 Å². The van der Waals surface area contributed by atoms with Gasteiger partial charge in [-0.15, -0.1) is 0 Å². The Hall–Kier alpha value is -3.95. The summed E-state index contributed by atoms with van der Waals surface area (Å²) >= 11 is 0. The molecule has 0 spiro atoms. The molecule has 0 aliphatic carbocycles. The third kappa shape index (κ3) is 3.93. The smallest absolute Gasteiger partial charge is 0.345 e. The molecule has 10 heteroatoms. The van der Waals surface area contributed by atoms with Crippen LogP contribution in [0, 0.1) is 10.1 Å². The van der Waals surface area contributed by atoms with Crippen LogP contribution in [0.1, 0.15) is 22.3 Å². The van der Waals surface area contributed by atoms with Crippen molar-refractivity contribution in [2.75, 3.05) is 26.4 Å². The van der Waals surface area contributed by atoms with Crippen molar-refractivity contribution in [1.82, 2.24) is 5.01 Å². The van der Waals surface area contributed by atoms with E-state index in [9.17, 15) is 19.7 Å². The van der Waals surface area contributed by atoms with E-state index in [2.05, 4.69) is 5.10 Å². The Bertz CT molecular complexity index is 1040. The van der Waals surface area contributed by atoms with Crippen molar-refractivity contribution in [3.8, 4) is 11.5 Å². The molecule has 4 rings (SSSR count). The minimum atomic E-state index is -1.00. The van der Waals surface area contributed by atoms with Gasteiger partial charge in [0.2, 0.25) is 0 Å². The predicted octanol–water partition coefficient (Wildman–Crippen LogP) is 2.16. The largest absolute Gasteiger partial charge is 0.486 e. The summed E-state index contributed by atoms with van der Waals surface area (Å²) in [6.07, 6.45) is 0.581. The minimum Gasteiger partial charge on any atom is -0.486 e. The monoisotopic (exact) mass is 411 g/mol. The van der Waals surface area contributed by atoms with Gasteiger partial charge in [0.05, 0.1) is 23.2 Å². The van der Waals surface area contributed by atoms with Gasteiger partial charge in [0, 0.05) is 12.5 Å². The molecule has 0 bridgehead atoms. The number of hydrogen-bond acceptors (Lipinski definition) is 8. The van der Waals surface area contributed by atoms with Gasteiger partial charge in [-0.05, 0) is 5.56 Å². The fourth-order valence-corrected chi connectivity index (χ4v) is 3.14. The molecule has 0 fully saturated rings. The van der Waals surface area contributed by atoms with Gasteiger partial charge >= 0.3 is 5.97 Å². The number of hydrogen-bond donors (Lipinski definition) is 0. The lowest BCUT2D eigenvalue weighted by molar-refractivity contribution is -0.385. The molecule has 2 heterocycles. The van der Waals surface area contributed by atoms with E-state index in [1.54, 1.807) is 0 Å². The second-order valence-electron chi connectivity index (χ2n) is 6.53. The van der Waals surface area contributed by atoms with Crippen LogP contribution < -0.4 is 9.47 Å². The average molecular weight is 411 g/mol. The number of nitro benzene ring substituents is 1. The number of nitrogens with zero attached hydrogens (tertiary/aromatic N) is 3. The van der Waals surface area contributed by atoms with Crippen LogP contribution in [0.2, 0.25) is 0 Å². The van der Waals surface area contributed by atoms with E-state index in [4.69, 9.17) is 14.2 Å². The molecule has 154 valence electrons. The van der Waals surface area contributed by atoms with Gasteiger partial charge in [-0.2, -0.15) is 5.10 Å². The molecule has 2 aliphatic rings. The van der Waals surface area contributed by atoms with Crippen LogP contribution in [0.25, 0.3) is 0 Å². The lowest BCUT2D eigenvalue weighted by atomic mass is 10.1. The van der Waals surface area contributed by atoms with E-state index < -0.39 is 29.1 Å². The van der Waals surface area contributed by atoms with Gasteiger partial charge in [-0.1, -0.05) is 30.3 Å². The SMILES string of the molecule is O=C(OCC(=O)N1CCC(c2ccccc2)=N1)c1cc2c(cc1[N+](=O)[O-])OCCO2. The van der Waals surface area contributed by atoms with Crippen molar-refractivity contribution in [2.24, 2.45) is 5.10 Å². The molecule has 0 radical (unpaired) electrons. The second kappa shape index (κ2) is 8.19. The molecule has 0 atom stereocenters. The molecule has 1 amide bonds. The Morgan fingerprint density at radius 2 is 1.83 bits per heavy atom. The number of fused-ring (bicyclic) bond motifs is 1. The molecule has 30 heavy (non-hydrogen) atoms. The summed E-state index contributed by atoms with van der Waals surface area (Å²) in [6, 6.07) is 11.7. The van der Waals surface area contributed by atoms with Crippen LogP contribution in [0.3, 0.4) is 0 Å². The highest BCUT2D eigenvalue weighted by molar-refractivity contribution is 6.03. The number of esters is 1. The summed E-state index contributed by atoms with van der Waals surface area (Å²) in [5.41, 5.74) is 0.878. The number of carbonyl (C=O) groups is 2. The summed E-state index contributed by atoms with van der Waals surface area (Å²) in [5, 5.41) is 16.8. The number of carbonyl (C=O) groups excluding carboxylic acids is 2. The van der Waals surface area contributed by atoms with Gasteiger partial charge < -0.3 is 14.2 Å². The predicted molar refractivity (Wildman–Crippen MR) is 104 cm³/mol. The number of ether oxygens (including phenoxy) is 3. The van der Waals surface area contributed by atoms with E-state index >= 15 is 0 Å². The first kappa shape index (κ1) is 19.4. The first-order valence-electron chi connectivity index (χ1n) is 9.21. The van der Waals surface area contributed by atoms with Crippen LogP contribution in [-0.4, -0.2) is 53.9 Å². The van der Waals surface area contributed by atoms with Crippen molar-refractivity contribution in [2.45, 2.75) is 6.42 Å². The standard InChI is InChI=1S/C20H17N3O7/c24-19(22-7-6-15(21-22)13-4-2-1-3-5-13)12-30-20(25)14-10-17-18(29-9-8-28-17)11-16(14)23(26)27/h1-5,10-11H,6-9,12H2. The van der Waals surface area contributed by atoms with Gasteiger partial charge in [-0.25, -0.2) is 9.80 Å². The summed E-state index contributed by atoms with van der Waals surface area (Å²) in [6.45, 7) is 0.291. The maximum atomic E-state index is 12.4. The normalized spacial score (nSPS) is 14.8. The Labute approximate surface area is 170 Å². The summed E-state index contributed by atoms with van der Waals surface area (Å²) < 4.78 is 15.7. The van der Waals surface area contributed by atoms with E-state index in [1.807, 2.05) is 30.3 Å². The van der Waals surface area contributed by atoms with Gasteiger partial charge in [0.1, 0.15) is 18.8 Å². The van der Waals surface area contributed by atoms with Crippen LogP contribution in [0.15, 0.2) is 47.6 Å². The van der Waals surface area contributed by atoms with Gasteiger partial charge in [-0.3, -0.25) is 14.9 Å². The van der Waals surface area contributed by atoms with Crippen molar-refractivity contribution < 1.29 is 28.7 Å². The molecule has 10 nitrogen and oxygen atoms in total. The Morgan fingerprint density at radius 1 is 1.13 bits per heavy atom. The van der Waals surface area contributed by atoms with Gasteiger partial charge in [0.25, 0.3) is 11.6 Å². The maximum Gasteiger partial charge on any atom is 0.345 e. The first-order valence-corrected chi connectivity index (χ1v) is 9.21. The third-order valence-electron chi connectivity index (χ3n) is 4.60. The molecule has 0 saturated heterocycles. The summed E-state index contributed by atoms with van der Waals surface area (Å²) in [5.74, 6) is -1.13. The lowest BCUT2D eigenvalue weighted by Crippen LogP contribution is -2.29. The Kier molecular flexibility index (Phi) is 5.29. The van der Waals surface area contributed by atoms with Crippen molar-refractivity contribution in [3.05, 3.63) is 63.7 Å². The van der Waals surface area contributed by atoms with Gasteiger partial charge in [0.15, 0.2) is 18.1 Å². The van der Waals surface area contributed by atoms with Crippen LogP contribution in [-0.2, 0) is 9.53 Å². The topological polar surface area (TPSA) is 121 Å². The maximum absolute atomic E-state index is 12.4. The van der Waals surface area contributed by atoms with E-state index in [1.165, 1.54) is 11.1 Å². The van der Waals surface area contributed by atoms with Crippen molar-refractivity contribution in [1.29, 1.82) is 0 Å². The van der Waals surface area contributed by atoms with Crippen molar-refractivity contribution in [3.63, 3.8) is 0 Å². The van der Waals surface area contributed by atoms with Crippen LogP contribution in [0.5, 0.6) is 11.5 Å². The molecule has 2 aromatic rings. The number of nitro groups is 1. The zero-order chi connectivity index (χ0) is 21.1. The third-order valence-corrected chi connectivity index (χ3v) is 4.60. The molecule has 0 aromatic heterocycles. The molecule has 0 N–H and O–H groups in total. The van der Waals surface area contributed by atoms with E-state index in [0.717, 1.165) is 17.3 Å². The average Bonchev–Trinajstić information content (AvgIpc) is 3.27. The Balaban J connectivity index is 1.44. The molecule has 0 saturated carbocycles. The number of rotatable bonds is 5. The quantitative estimate of drug-likeness (QED) is 0.420. The molecule has 2 aliphatic heterocycles. The number of hydrazone groups is 1. The fraction of sp³-hybridized carbons (Fsp3) is 0.250. The highest BCUT2D eigenvalue weighted by Crippen LogP contribution is 2.36. The summed E-state index contributed by atoms with van der Waals surface area (Å²) in [4.78, 5) is 35.4. The lowest BCUT2D eigenvalue weighted by Gasteiger charge is -2.18. The Morgan fingerprint density at radius 3 is 2.53 bits per heavy atom. The second-order valence-corrected chi connectivity index (χ2v) is 6.53. The highest BCUT2D eigenvalue weighted by Gasteiger charge is 2.29. The fourth-order valence-electron chi connectivity index (χ4n) is 3.14. The number of amides is 1. The molecular weight excluding hydrogens is 394 g/mol. The van der Waals surface area contributed by atoms with E-state index in [-0.39, 0.29) is 30.3 Å². The number of benzene rings is 2. The first-order chi connectivity index (χ1) is 14.5. The summed E-state index contributed by atoms with van der Waals surface area (Å²) in [7, 11) is 0.